The van der Waals surface area contributed by atoms with Gasteiger partial charge in [-0.1, -0.05) is 15.9 Å². The molecule has 0 saturated heterocycles. The van der Waals surface area contributed by atoms with Crippen LogP contribution in [0, 0.1) is 0 Å². The molecule has 1 aromatic heterocycles. The lowest BCUT2D eigenvalue weighted by molar-refractivity contribution is 0.0693. The first-order valence-corrected chi connectivity index (χ1v) is 8.35. The largest absolute Gasteiger partial charge is 0.478 e. The van der Waals surface area contributed by atoms with Gasteiger partial charge in [-0.2, -0.15) is 0 Å². The monoisotopic (exact) mass is 406 g/mol. The van der Waals surface area contributed by atoms with Gasteiger partial charge < -0.3 is 5.11 Å². The molecule has 0 saturated carbocycles. The summed E-state index contributed by atoms with van der Waals surface area (Å²) < 4.78 is 1.98. The maximum absolute atomic E-state index is 11.1. The van der Waals surface area contributed by atoms with E-state index in [0.29, 0.717) is 5.56 Å². The molecule has 1 aromatic carbocycles. The van der Waals surface area contributed by atoms with E-state index in [1.165, 1.54) is 16.6 Å². The first-order valence-electron chi connectivity index (χ1n) is 4.96. The van der Waals surface area contributed by atoms with E-state index < -0.39 is 5.97 Å². The number of halogens is 2. The molecule has 0 spiro atoms. The van der Waals surface area contributed by atoms with Crippen LogP contribution in [0.25, 0.3) is 0 Å². The van der Waals surface area contributed by atoms with Crippen LogP contribution in [0.4, 0.5) is 0 Å². The smallest absolute Gasteiger partial charge is 0.336 e. The minimum atomic E-state index is -0.891. The van der Waals surface area contributed by atoms with Gasteiger partial charge in [-0.25, -0.2) is 4.79 Å². The Labute approximate surface area is 130 Å². The number of aromatic carboxylic acids is 1. The summed E-state index contributed by atoms with van der Waals surface area (Å²) in [5.74, 6) is -0.120. The summed E-state index contributed by atoms with van der Waals surface area (Å²) in [6.07, 6.45) is 0. The second kappa shape index (κ2) is 6.23. The van der Waals surface area contributed by atoms with Crippen molar-refractivity contribution < 1.29 is 9.90 Å². The molecule has 1 N–H and O–H groups in total. The van der Waals surface area contributed by atoms with Crippen molar-refractivity contribution in [2.24, 2.45) is 0 Å². The lowest BCUT2D eigenvalue weighted by atomic mass is 10.2. The molecular formula is C12H8Br2O2S2. The zero-order chi connectivity index (χ0) is 13.1. The number of carboxylic acids is 1. The highest BCUT2D eigenvalue weighted by atomic mass is 79.9. The van der Waals surface area contributed by atoms with Gasteiger partial charge in [0, 0.05) is 20.0 Å². The highest BCUT2D eigenvalue weighted by Crippen LogP contribution is 2.32. The van der Waals surface area contributed by atoms with Crippen molar-refractivity contribution in [2.75, 3.05) is 0 Å². The number of thiophene rings is 1. The Hall–Kier alpha value is -0.300. The van der Waals surface area contributed by atoms with E-state index in [1.54, 1.807) is 23.5 Å². The van der Waals surface area contributed by atoms with Crippen molar-refractivity contribution in [2.45, 2.75) is 10.6 Å². The van der Waals surface area contributed by atoms with Gasteiger partial charge in [0.2, 0.25) is 0 Å². The molecule has 2 nitrogen and oxygen atoms in total. The van der Waals surface area contributed by atoms with Gasteiger partial charge in [-0.05, 0) is 46.3 Å². The van der Waals surface area contributed by atoms with E-state index in [-0.39, 0.29) is 0 Å². The number of hydrogen-bond donors (Lipinski definition) is 1. The Morgan fingerprint density at radius 1 is 1.28 bits per heavy atom. The molecule has 0 aliphatic carbocycles. The number of thioether (sulfide) groups is 1. The van der Waals surface area contributed by atoms with Gasteiger partial charge in [-0.3, -0.25) is 0 Å². The lowest BCUT2D eigenvalue weighted by Gasteiger charge is -2.05. The third-order valence-corrected chi connectivity index (χ3v) is 5.58. The molecule has 0 atom stereocenters. The van der Waals surface area contributed by atoms with Crippen LogP contribution < -0.4 is 0 Å². The summed E-state index contributed by atoms with van der Waals surface area (Å²) in [4.78, 5) is 13.1. The molecule has 0 amide bonds. The van der Waals surface area contributed by atoms with Gasteiger partial charge in [-0.15, -0.1) is 23.1 Å². The summed E-state index contributed by atoms with van der Waals surface area (Å²) >= 11 is 9.98. The first-order chi connectivity index (χ1) is 8.56. The van der Waals surface area contributed by atoms with Crippen LogP contribution in [0.5, 0.6) is 0 Å². The molecule has 0 bridgehead atoms. The molecule has 18 heavy (non-hydrogen) atoms. The summed E-state index contributed by atoms with van der Waals surface area (Å²) in [5.41, 5.74) is 0.346. The van der Waals surface area contributed by atoms with Crippen LogP contribution in [0.2, 0.25) is 0 Å². The number of benzene rings is 1. The third-order valence-electron chi connectivity index (χ3n) is 2.17. The maximum Gasteiger partial charge on any atom is 0.336 e. The average Bonchev–Trinajstić information content (AvgIpc) is 2.72. The fourth-order valence-corrected chi connectivity index (χ4v) is 4.49. The minimum absolute atomic E-state index is 0.346. The van der Waals surface area contributed by atoms with Crippen LogP contribution in [-0.2, 0) is 5.75 Å². The number of rotatable bonds is 4. The number of carboxylic acid groups (broad SMARTS) is 1. The molecule has 6 heteroatoms. The standard InChI is InChI=1S/C12H8Br2O2S2/c13-7-1-3-9(12(15)16)10(5-7)17-6-8-2-4-11(14)18-8/h1-5H,6H2,(H,15,16). The van der Waals surface area contributed by atoms with Crippen molar-refractivity contribution in [1.29, 1.82) is 0 Å². The van der Waals surface area contributed by atoms with E-state index in [1.807, 2.05) is 18.2 Å². The van der Waals surface area contributed by atoms with Crippen LogP contribution in [0.3, 0.4) is 0 Å². The summed E-state index contributed by atoms with van der Waals surface area (Å²) in [6.45, 7) is 0. The second-order valence-corrected chi connectivity index (χ2v) is 7.92. The summed E-state index contributed by atoms with van der Waals surface area (Å²) in [6, 6.07) is 9.25. The van der Waals surface area contributed by atoms with E-state index in [4.69, 9.17) is 5.11 Å². The summed E-state index contributed by atoms with van der Waals surface area (Å²) in [5, 5.41) is 9.12. The zero-order valence-corrected chi connectivity index (χ0v) is 13.8. The molecule has 0 aliphatic heterocycles. The van der Waals surface area contributed by atoms with Crippen LogP contribution in [0.1, 0.15) is 15.2 Å². The lowest BCUT2D eigenvalue weighted by Crippen LogP contribution is -1.98. The average molecular weight is 408 g/mol. The number of hydrogen-bond acceptors (Lipinski definition) is 3. The van der Waals surface area contributed by atoms with Gasteiger partial charge in [0.05, 0.1) is 9.35 Å². The summed E-state index contributed by atoms with van der Waals surface area (Å²) in [7, 11) is 0. The van der Waals surface area contributed by atoms with Crippen LogP contribution in [-0.4, -0.2) is 11.1 Å². The molecular weight excluding hydrogens is 400 g/mol. The fourth-order valence-electron chi connectivity index (χ4n) is 1.37. The zero-order valence-electron chi connectivity index (χ0n) is 9.02. The Morgan fingerprint density at radius 2 is 2.06 bits per heavy atom. The Morgan fingerprint density at radius 3 is 2.67 bits per heavy atom. The van der Waals surface area contributed by atoms with Crippen molar-refractivity contribution in [3.05, 3.63) is 49.0 Å². The van der Waals surface area contributed by atoms with E-state index in [2.05, 4.69) is 31.9 Å². The highest BCUT2D eigenvalue weighted by molar-refractivity contribution is 9.11. The topological polar surface area (TPSA) is 37.3 Å². The van der Waals surface area contributed by atoms with Crippen LogP contribution >= 0.6 is 55.0 Å². The fraction of sp³-hybridized carbons (Fsp3) is 0.0833. The molecule has 0 unspecified atom stereocenters. The highest BCUT2D eigenvalue weighted by Gasteiger charge is 2.11. The predicted molar refractivity (Wildman–Crippen MR) is 82.7 cm³/mol. The SMILES string of the molecule is O=C(O)c1ccc(Br)cc1SCc1ccc(Br)s1. The van der Waals surface area contributed by atoms with Gasteiger partial charge in [0.15, 0.2) is 0 Å². The molecule has 94 valence electrons. The van der Waals surface area contributed by atoms with E-state index >= 15 is 0 Å². The van der Waals surface area contributed by atoms with Gasteiger partial charge in [0.25, 0.3) is 0 Å². The minimum Gasteiger partial charge on any atom is -0.478 e. The van der Waals surface area contributed by atoms with Crippen LogP contribution in [0.15, 0.2) is 43.5 Å². The van der Waals surface area contributed by atoms with Crippen molar-refractivity contribution in [3.8, 4) is 0 Å². The Bertz CT molecular complexity index is 581. The number of carbonyl (C=O) groups is 1. The quantitative estimate of drug-likeness (QED) is 0.702. The molecule has 1 heterocycles. The second-order valence-electron chi connectivity index (χ2n) is 3.44. The van der Waals surface area contributed by atoms with Crippen molar-refractivity contribution in [3.63, 3.8) is 0 Å². The molecule has 0 aliphatic rings. The molecule has 2 rings (SSSR count). The van der Waals surface area contributed by atoms with Crippen molar-refractivity contribution in [1.82, 2.24) is 0 Å². The molecule has 0 fully saturated rings. The Kier molecular flexibility index (Phi) is 4.89. The third kappa shape index (κ3) is 3.60. The first kappa shape index (κ1) is 14.1. The normalized spacial score (nSPS) is 10.6. The van der Waals surface area contributed by atoms with E-state index in [9.17, 15) is 4.79 Å². The maximum atomic E-state index is 11.1. The van der Waals surface area contributed by atoms with Crippen molar-refractivity contribution >= 4 is 60.9 Å². The van der Waals surface area contributed by atoms with E-state index in [0.717, 1.165) is 18.9 Å². The van der Waals surface area contributed by atoms with Gasteiger partial charge >= 0.3 is 5.97 Å². The molecule has 0 radical (unpaired) electrons. The predicted octanol–water partition coefficient (Wildman–Crippen LogP) is 5.26. The van der Waals surface area contributed by atoms with Gasteiger partial charge in [0.1, 0.15) is 0 Å². The Balaban J connectivity index is 2.17. The molecule has 2 aromatic rings.